The van der Waals surface area contributed by atoms with E-state index in [0.717, 1.165) is 22.5 Å². The van der Waals surface area contributed by atoms with E-state index in [4.69, 9.17) is 10.5 Å². The Balaban J connectivity index is 1.68. The third kappa shape index (κ3) is 3.73. The standard InChI is InChI=1S/C23H18N4O/c24-20-12-11-17(15-19(20)22(28)16-7-3-1-4-8-16)21-13-14-25-23(27-21)26-18-9-5-2-6-10-18/h1-15,24,28H,(H,25,26,27)/p+1/b22-19-,24-20?. The number of hydrogen-bond donors (Lipinski definition) is 2. The van der Waals surface area contributed by atoms with E-state index < -0.39 is 0 Å². The van der Waals surface area contributed by atoms with Crippen molar-refractivity contribution in [2.75, 3.05) is 5.32 Å². The van der Waals surface area contributed by atoms with Gasteiger partial charge in [-0.2, -0.15) is 0 Å². The van der Waals surface area contributed by atoms with Crippen LogP contribution < -0.4 is 5.32 Å². The van der Waals surface area contributed by atoms with Crippen LogP contribution in [0.3, 0.4) is 0 Å². The second-order valence-corrected chi connectivity index (χ2v) is 6.26. The zero-order valence-corrected chi connectivity index (χ0v) is 15.1. The monoisotopic (exact) mass is 367 g/mol. The van der Waals surface area contributed by atoms with Crippen molar-refractivity contribution < 1.29 is 5.11 Å². The molecule has 1 aromatic heterocycles. The summed E-state index contributed by atoms with van der Waals surface area (Å²) in [7, 11) is 0. The first-order valence-corrected chi connectivity index (χ1v) is 8.86. The quantitative estimate of drug-likeness (QED) is 0.532. The van der Waals surface area contributed by atoms with Crippen LogP contribution in [-0.2, 0) is 0 Å². The molecule has 136 valence electrons. The zero-order valence-electron chi connectivity index (χ0n) is 15.1. The summed E-state index contributed by atoms with van der Waals surface area (Å²) in [5.74, 6) is 0.822. The lowest BCUT2D eigenvalue weighted by atomic mass is 9.95. The van der Waals surface area contributed by atoms with Gasteiger partial charge in [0.2, 0.25) is 5.95 Å². The molecule has 28 heavy (non-hydrogen) atoms. The summed E-state index contributed by atoms with van der Waals surface area (Å²) in [4.78, 5) is 8.87. The number of nitrogens with zero attached hydrogens (tertiary/aromatic N) is 2. The number of hydrogen-bond acceptors (Lipinski definition) is 4. The molecular weight excluding hydrogens is 348 g/mol. The van der Waals surface area contributed by atoms with Gasteiger partial charge in [-0.1, -0.05) is 42.5 Å². The summed E-state index contributed by atoms with van der Waals surface area (Å²) in [6, 6.07) is 21.0. The topological polar surface area (TPSA) is 84.6 Å². The Labute approximate surface area is 162 Å². The van der Waals surface area contributed by atoms with E-state index in [1.807, 2.05) is 78.9 Å². The highest BCUT2D eigenvalue weighted by molar-refractivity contribution is 6.16. The first-order valence-electron chi connectivity index (χ1n) is 8.86. The van der Waals surface area contributed by atoms with Crippen molar-refractivity contribution >= 4 is 28.7 Å². The van der Waals surface area contributed by atoms with Crippen LogP contribution in [0.15, 0.2) is 96.7 Å². The van der Waals surface area contributed by atoms with Crippen molar-refractivity contribution in [2.45, 2.75) is 0 Å². The minimum atomic E-state index is 0.314. The Morgan fingerprint density at radius 3 is 2.36 bits per heavy atom. The number of benzene rings is 2. The lowest BCUT2D eigenvalue weighted by Crippen LogP contribution is -2.06. The second kappa shape index (κ2) is 7.72. The van der Waals surface area contributed by atoms with E-state index in [9.17, 15) is 0 Å². The number of anilines is 2. The van der Waals surface area contributed by atoms with Crippen molar-refractivity contribution in [1.29, 1.82) is 5.41 Å². The molecule has 0 saturated carbocycles. The molecule has 0 aliphatic heterocycles. The number of allylic oxidation sites excluding steroid dienone is 5. The van der Waals surface area contributed by atoms with Crippen LogP contribution in [0, 0.1) is 5.41 Å². The fourth-order valence-electron chi connectivity index (χ4n) is 2.90. The molecule has 0 atom stereocenters. The van der Waals surface area contributed by atoms with Crippen LogP contribution in [0.4, 0.5) is 11.6 Å². The molecule has 1 heterocycles. The van der Waals surface area contributed by atoms with Crippen LogP contribution in [0.2, 0.25) is 0 Å². The zero-order chi connectivity index (χ0) is 19.3. The molecule has 3 aromatic rings. The third-order valence-electron chi connectivity index (χ3n) is 4.33. The SMILES string of the molecule is N=C1C=CC(c2ccnc(Nc3ccccc3)n2)=C/C1=C(/[OH2+])c1ccccc1. The maximum atomic E-state index is 8.50. The molecule has 0 unspecified atom stereocenters. The molecule has 1 aliphatic carbocycles. The van der Waals surface area contributed by atoms with Crippen molar-refractivity contribution in [1.82, 2.24) is 9.97 Å². The van der Waals surface area contributed by atoms with E-state index in [-0.39, 0.29) is 0 Å². The number of nitrogens with one attached hydrogen (secondary N) is 2. The average Bonchev–Trinajstić information content (AvgIpc) is 2.75. The van der Waals surface area contributed by atoms with E-state index >= 15 is 0 Å². The highest BCUT2D eigenvalue weighted by Crippen LogP contribution is 2.27. The molecule has 1 aliphatic rings. The molecule has 2 aromatic carbocycles. The molecule has 4 rings (SSSR count). The molecule has 0 amide bonds. The predicted molar refractivity (Wildman–Crippen MR) is 114 cm³/mol. The van der Waals surface area contributed by atoms with Crippen LogP contribution >= 0.6 is 0 Å². The average molecular weight is 367 g/mol. The molecule has 0 bridgehead atoms. The molecule has 4 N–H and O–H groups in total. The Kier molecular flexibility index (Phi) is 4.80. The van der Waals surface area contributed by atoms with Gasteiger partial charge in [0, 0.05) is 17.5 Å². The Morgan fingerprint density at radius 2 is 1.61 bits per heavy atom. The summed E-state index contributed by atoms with van der Waals surface area (Å²) >= 11 is 0. The highest BCUT2D eigenvalue weighted by atomic mass is 16.3. The van der Waals surface area contributed by atoms with Gasteiger partial charge in [0.05, 0.1) is 22.5 Å². The second-order valence-electron chi connectivity index (χ2n) is 6.26. The molecule has 0 spiro atoms. The summed E-state index contributed by atoms with van der Waals surface area (Å²) < 4.78 is 0. The van der Waals surface area contributed by atoms with Gasteiger partial charge in [-0.25, -0.2) is 9.97 Å². The maximum absolute atomic E-state index is 8.50. The molecule has 0 saturated heterocycles. The van der Waals surface area contributed by atoms with Gasteiger partial charge < -0.3 is 10.4 Å². The van der Waals surface area contributed by atoms with E-state index in [0.29, 0.717) is 23.0 Å². The first-order chi connectivity index (χ1) is 13.7. The summed E-state index contributed by atoms with van der Waals surface area (Å²) in [6.45, 7) is 0. The summed E-state index contributed by atoms with van der Waals surface area (Å²) in [6.07, 6.45) is 7.09. The number of rotatable bonds is 4. The molecular formula is C23H19N4O+. The van der Waals surface area contributed by atoms with Crippen LogP contribution in [0.5, 0.6) is 0 Å². The van der Waals surface area contributed by atoms with Crippen LogP contribution in [0.25, 0.3) is 11.3 Å². The van der Waals surface area contributed by atoms with Crippen molar-refractivity contribution in [3.05, 3.63) is 108 Å². The molecule has 5 nitrogen and oxygen atoms in total. The lowest BCUT2D eigenvalue weighted by molar-refractivity contribution is 0.510. The Morgan fingerprint density at radius 1 is 0.893 bits per heavy atom. The smallest absolute Gasteiger partial charge is 0.270 e. The summed E-state index contributed by atoms with van der Waals surface area (Å²) in [5, 5.41) is 19.9. The molecule has 5 heteroatoms. The molecule has 0 fully saturated rings. The van der Waals surface area contributed by atoms with Crippen molar-refractivity contribution in [3.63, 3.8) is 0 Å². The van der Waals surface area contributed by atoms with Crippen molar-refractivity contribution in [2.24, 2.45) is 0 Å². The van der Waals surface area contributed by atoms with Gasteiger partial charge >= 0.3 is 0 Å². The van der Waals surface area contributed by atoms with Crippen molar-refractivity contribution in [3.8, 4) is 0 Å². The fourth-order valence-corrected chi connectivity index (χ4v) is 2.90. The molecule has 0 radical (unpaired) electrons. The highest BCUT2D eigenvalue weighted by Gasteiger charge is 2.19. The van der Waals surface area contributed by atoms with E-state index in [1.54, 1.807) is 12.3 Å². The van der Waals surface area contributed by atoms with Gasteiger partial charge in [-0.05, 0) is 42.5 Å². The number of aromatic nitrogens is 2. The maximum Gasteiger partial charge on any atom is 0.270 e. The predicted octanol–water partition coefficient (Wildman–Crippen LogP) is 4.33. The number of para-hydroxylation sites is 1. The van der Waals surface area contributed by atoms with Gasteiger partial charge in [0.25, 0.3) is 5.76 Å². The van der Waals surface area contributed by atoms with Crippen LogP contribution in [-0.4, -0.2) is 20.8 Å². The minimum absolute atomic E-state index is 0.314. The van der Waals surface area contributed by atoms with E-state index in [2.05, 4.69) is 15.3 Å². The van der Waals surface area contributed by atoms with Crippen LogP contribution in [0.1, 0.15) is 11.3 Å². The minimum Gasteiger partial charge on any atom is -0.592 e. The van der Waals surface area contributed by atoms with Gasteiger partial charge in [-0.15, -0.1) is 0 Å². The normalized spacial score (nSPS) is 15.1. The lowest BCUT2D eigenvalue weighted by Gasteiger charge is -2.12. The van der Waals surface area contributed by atoms with Gasteiger partial charge in [0.1, 0.15) is 0 Å². The third-order valence-corrected chi connectivity index (χ3v) is 4.33. The van der Waals surface area contributed by atoms with Gasteiger partial charge in [-0.3, -0.25) is 5.41 Å². The summed E-state index contributed by atoms with van der Waals surface area (Å²) in [5.41, 5.74) is 4.14. The fraction of sp³-hybridized carbons (Fsp3) is 0. The Hall–Kier alpha value is -3.99. The Bertz CT molecular complexity index is 1100. The van der Waals surface area contributed by atoms with Gasteiger partial charge in [0.15, 0.2) is 0 Å². The first kappa shape index (κ1) is 17.4. The van der Waals surface area contributed by atoms with E-state index in [1.165, 1.54) is 0 Å². The largest absolute Gasteiger partial charge is 0.592 e.